The summed E-state index contributed by atoms with van der Waals surface area (Å²) in [6.07, 6.45) is 3.04. The monoisotopic (exact) mass is 242 g/mol. The van der Waals surface area contributed by atoms with Gasteiger partial charge in [0.2, 0.25) is 5.91 Å². The average Bonchev–Trinajstić information content (AvgIpc) is 2.69. The highest BCUT2D eigenvalue weighted by Crippen LogP contribution is 2.36. The van der Waals surface area contributed by atoms with E-state index in [0.717, 1.165) is 28.8 Å². The first-order chi connectivity index (χ1) is 8.66. The van der Waals surface area contributed by atoms with E-state index in [0.29, 0.717) is 12.2 Å². The molecule has 3 rings (SSSR count). The molecule has 0 atom stereocenters. The molecule has 2 heterocycles. The van der Waals surface area contributed by atoms with Crippen LogP contribution < -0.4 is 11.1 Å². The molecule has 0 fully saturated rings. The first kappa shape index (κ1) is 10.8. The first-order valence-electron chi connectivity index (χ1n) is 5.86. The van der Waals surface area contributed by atoms with Crippen LogP contribution in [0.3, 0.4) is 0 Å². The predicted octanol–water partition coefficient (Wildman–Crippen LogP) is 1.55. The van der Waals surface area contributed by atoms with Crippen LogP contribution in [0.2, 0.25) is 0 Å². The molecule has 1 amide bonds. The quantitative estimate of drug-likeness (QED) is 0.797. The van der Waals surface area contributed by atoms with Gasteiger partial charge in [-0.15, -0.1) is 0 Å². The number of carbonyl (C=O) groups excluding carboxylic acids is 1. The molecule has 1 aliphatic heterocycles. The summed E-state index contributed by atoms with van der Waals surface area (Å²) >= 11 is 0. The van der Waals surface area contributed by atoms with Gasteiger partial charge in [0.05, 0.1) is 11.9 Å². The van der Waals surface area contributed by atoms with Crippen molar-refractivity contribution in [2.45, 2.75) is 12.8 Å². The third kappa shape index (κ3) is 1.55. The van der Waals surface area contributed by atoms with Gasteiger partial charge < -0.3 is 11.1 Å². The summed E-state index contributed by atoms with van der Waals surface area (Å²) in [6, 6.07) is 5.97. The Hall–Kier alpha value is -2.30. The third-order valence-corrected chi connectivity index (χ3v) is 3.31. The van der Waals surface area contributed by atoms with E-state index in [1.54, 1.807) is 17.9 Å². The number of aromatic nitrogens is 2. The Morgan fingerprint density at radius 2 is 2.17 bits per heavy atom. The minimum absolute atomic E-state index is 0.0532. The van der Waals surface area contributed by atoms with Crippen molar-refractivity contribution < 1.29 is 4.79 Å². The van der Waals surface area contributed by atoms with Crippen molar-refractivity contribution >= 4 is 17.4 Å². The Balaban J connectivity index is 2.19. The molecule has 5 heteroatoms. The van der Waals surface area contributed by atoms with Crippen LogP contribution in [0.15, 0.2) is 24.4 Å². The lowest BCUT2D eigenvalue weighted by Crippen LogP contribution is -2.19. The van der Waals surface area contributed by atoms with Crippen LogP contribution in [0, 0.1) is 0 Å². The lowest BCUT2D eigenvalue weighted by atomic mass is 9.96. The van der Waals surface area contributed by atoms with Crippen molar-refractivity contribution in [3.63, 3.8) is 0 Å². The molecule has 0 spiro atoms. The highest BCUT2D eigenvalue weighted by Gasteiger charge is 2.20. The van der Waals surface area contributed by atoms with Gasteiger partial charge in [-0.3, -0.25) is 9.48 Å². The third-order valence-electron chi connectivity index (χ3n) is 3.31. The largest absolute Gasteiger partial charge is 0.383 e. The van der Waals surface area contributed by atoms with Gasteiger partial charge in [-0.2, -0.15) is 5.10 Å². The minimum atomic E-state index is 0.0532. The second-order valence-corrected chi connectivity index (χ2v) is 4.45. The van der Waals surface area contributed by atoms with Gasteiger partial charge in [0, 0.05) is 24.6 Å². The number of hydrogen-bond acceptors (Lipinski definition) is 3. The second kappa shape index (κ2) is 3.87. The van der Waals surface area contributed by atoms with Crippen LogP contribution in [-0.4, -0.2) is 15.7 Å². The maximum atomic E-state index is 11.5. The van der Waals surface area contributed by atoms with Crippen LogP contribution in [0.25, 0.3) is 11.1 Å². The average molecular weight is 242 g/mol. The van der Waals surface area contributed by atoms with Crippen LogP contribution >= 0.6 is 0 Å². The molecule has 2 aromatic rings. The molecular weight excluding hydrogens is 228 g/mol. The fraction of sp³-hybridized carbons (Fsp3) is 0.231. The Kier molecular flexibility index (Phi) is 2.33. The van der Waals surface area contributed by atoms with Crippen molar-refractivity contribution in [2.24, 2.45) is 7.05 Å². The van der Waals surface area contributed by atoms with Gasteiger partial charge in [-0.1, -0.05) is 18.2 Å². The second-order valence-electron chi connectivity index (χ2n) is 4.45. The maximum Gasteiger partial charge on any atom is 0.224 e. The highest BCUT2D eigenvalue weighted by atomic mass is 16.1. The number of nitrogen functional groups attached to an aromatic ring is 1. The van der Waals surface area contributed by atoms with Gasteiger partial charge in [-0.05, 0) is 12.0 Å². The number of aryl methyl sites for hydroxylation is 2. The summed E-state index contributed by atoms with van der Waals surface area (Å²) in [5.74, 6) is 0.653. The summed E-state index contributed by atoms with van der Waals surface area (Å²) in [6.45, 7) is 0. The van der Waals surface area contributed by atoms with Crippen LogP contribution in [-0.2, 0) is 18.3 Å². The lowest BCUT2D eigenvalue weighted by molar-refractivity contribution is -0.116. The number of nitrogens with one attached hydrogen (secondary N) is 1. The molecule has 3 N–H and O–H groups in total. The normalized spacial score (nSPS) is 14.2. The lowest BCUT2D eigenvalue weighted by Gasteiger charge is -2.19. The molecule has 0 radical (unpaired) electrons. The topological polar surface area (TPSA) is 72.9 Å². The number of anilines is 2. The van der Waals surface area contributed by atoms with E-state index in [1.165, 1.54) is 0 Å². The smallest absolute Gasteiger partial charge is 0.224 e. The molecule has 18 heavy (non-hydrogen) atoms. The number of fused-ring (bicyclic) bond motifs is 1. The fourth-order valence-corrected chi connectivity index (χ4v) is 2.29. The summed E-state index contributed by atoms with van der Waals surface area (Å²) in [5.41, 5.74) is 9.80. The zero-order chi connectivity index (χ0) is 12.7. The molecule has 0 saturated carbocycles. The number of rotatable bonds is 1. The van der Waals surface area contributed by atoms with Gasteiger partial charge in [0.15, 0.2) is 0 Å². The number of nitrogens with zero attached hydrogens (tertiary/aromatic N) is 2. The number of hydrogen-bond donors (Lipinski definition) is 2. The fourth-order valence-electron chi connectivity index (χ4n) is 2.29. The summed E-state index contributed by atoms with van der Waals surface area (Å²) in [5, 5.41) is 7.07. The molecule has 1 aliphatic rings. The molecule has 0 unspecified atom stereocenters. The minimum Gasteiger partial charge on any atom is -0.383 e. The zero-order valence-corrected chi connectivity index (χ0v) is 10.1. The van der Waals surface area contributed by atoms with Crippen LogP contribution in [0.4, 0.5) is 11.5 Å². The van der Waals surface area contributed by atoms with Gasteiger partial charge in [0.25, 0.3) is 0 Å². The van der Waals surface area contributed by atoms with Crippen molar-refractivity contribution in [1.29, 1.82) is 0 Å². The number of amides is 1. The molecular formula is C13H14N4O. The number of para-hydroxylation sites is 1. The Morgan fingerprint density at radius 1 is 1.33 bits per heavy atom. The standard InChI is InChI=1S/C13H14N4O/c1-17-13(14)10(7-15-17)9-4-2-3-8-5-6-11(18)16-12(8)9/h2-4,7H,5-6,14H2,1H3,(H,16,18). The summed E-state index contributed by atoms with van der Waals surface area (Å²) in [4.78, 5) is 11.5. The Morgan fingerprint density at radius 3 is 2.89 bits per heavy atom. The van der Waals surface area contributed by atoms with Crippen molar-refractivity contribution in [2.75, 3.05) is 11.1 Å². The SMILES string of the molecule is Cn1ncc(-c2cccc3c2NC(=O)CC3)c1N. The van der Waals surface area contributed by atoms with E-state index in [2.05, 4.69) is 10.4 Å². The van der Waals surface area contributed by atoms with Crippen molar-refractivity contribution in [1.82, 2.24) is 9.78 Å². The van der Waals surface area contributed by atoms with Gasteiger partial charge in [0.1, 0.15) is 5.82 Å². The zero-order valence-electron chi connectivity index (χ0n) is 10.1. The number of benzene rings is 1. The predicted molar refractivity (Wildman–Crippen MR) is 70.0 cm³/mol. The number of carbonyl (C=O) groups is 1. The van der Waals surface area contributed by atoms with E-state index in [4.69, 9.17) is 5.73 Å². The Bertz CT molecular complexity index is 630. The van der Waals surface area contributed by atoms with E-state index >= 15 is 0 Å². The molecule has 5 nitrogen and oxygen atoms in total. The van der Waals surface area contributed by atoms with Crippen molar-refractivity contribution in [3.05, 3.63) is 30.0 Å². The maximum absolute atomic E-state index is 11.5. The molecule has 0 aliphatic carbocycles. The van der Waals surface area contributed by atoms with E-state index < -0.39 is 0 Å². The van der Waals surface area contributed by atoms with Gasteiger partial charge >= 0.3 is 0 Å². The summed E-state index contributed by atoms with van der Waals surface area (Å²) in [7, 11) is 1.80. The Labute approximate surface area is 105 Å². The van der Waals surface area contributed by atoms with Crippen molar-refractivity contribution in [3.8, 4) is 11.1 Å². The molecule has 0 bridgehead atoms. The highest BCUT2D eigenvalue weighted by molar-refractivity contribution is 5.99. The van der Waals surface area contributed by atoms with E-state index in [-0.39, 0.29) is 5.91 Å². The van der Waals surface area contributed by atoms with Crippen LogP contribution in [0.1, 0.15) is 12.0 Å². The first-order valence-corrected chi connectivity index (χ1v) is 5.86. The van der Waals surface area contributed by atoms with Gasteiger partial charge in [-0.25, -0.2) is 0 Å². The van der Waals surface area contributed by atoms with E-state index in [1.807, 2.05) is 18.2 Å². The molecule has 1 aromatic carbocycles. The van der Waals surface area contributed by atoms with Crippen LogP contribution in [0.5, 0.6) is 0 Å². The number of nitrogens with two attached hydrogens (primary N) is 1. The molecule has 0 saturated heterocycles. The molecule has 1 aromatic heterocycles. The molecule has 92 valence electrons. The van der Waals surface area contributed by atoms with E-state index in [9.17, 15) is 4.79 Å². The summed E-state index contributed by atoms with van der Waals surface area (Å²) < 4.78 is 1.62.